The second kappa shape index (κ2) is 7.16. The Morgan fingerprint density at radius 2 is 2.07 bits per heavy atom. The summed E-state index contributed by atoms with van der Waals surface area (Å²) in [6.07, 6.45) is 3.12. The molecule has 1 saturated heterocycles. The summed E-state index contributed by atoms with van der Waals surface area (Å²) in [7, 11) is 0. The lowest BCUT2D eigenvalue weighted by Crippen LogP contribution is -2.29. The summed E-state index contributed by atoms with van der Waals surface area (Å²) in [4.78, 5) is 21.7. The lowest BCUT2D eigenvalue weighted by Gasteiger charge is -2.19. The third kappa shape index (κ3) is 3.65. The number of pyridine rings is 1. The third-order valence-electron chi connectivity index (χ3n) is 4.39. The number of hydrogen-bond donors (Lipinski definition) is 1. The van der Waals surface area contributed by atoms with Crippen LogP contribution in [0.25, 0.3) is 11.4 Å². The molecule has 0 radical (unpaired) electrons. The predicted molar refractivity (Wildman–Crippen MR) is 94.8 cm³/mol. The first-order chi connectivity index (χ1) is 13.1. The minimum Gasteiger partial charge on any atom is -0.456 e. The molecule has 138 valence electrons. The highest BCUT2D eigenvalue weighted by Crippen LogP contribution is 2.32. The zero-order valence-electron chi connectivity index (χ0n) is 14.6. The number of β-amino-alcohol motifs (C(OH)–C–C–N with tert-alkyl or cyclic N) is 1. The molecule has 1 aliphatic heterocycles. The Morgan fingerprint density at radius 3 is 2.78 bits per heavy atom. The van der Waals surface area contributed by atoms with Gasteiger partial charge in [0.1, 0.15) is 17.5 Å². The SMILES string of the molecule is CC(=O)N1C[C@@H](O)C[C@@H]1c1nc(-c2ccc(Oc3cccnc3)cc2)no1. The van der Waals surface area contributed by atoms with Crippen LogP contribution in [0.5, 0.6) is 11.5 Å². The number of carbonyl (C=O) groups is 1. The van der Waals surface area contributed by atoms with Crippen LogP contribution in [0.4, 0.5) is 0 Å². The Hall–Kier alpha value is -3.26. The number of aromatic nitrogens is 3. The largest absolute Gasteiger partial charge is 0.456 e. The average Bonchev–Trinajstić information content (AvgIpc) is 3.30. The molecule has 1 N–H and O–H groups in total. The molecule has 1 amide bonds. The number of rotatable bonds is 4. The van der Waals surface area contributed by atoms with E-state index >= 15 is 0 Å². The maximum atomic E-state index is 11.7. The zero-order valence-corrected chi connectivity index (χ0v) is 14.6. The lowest BCUT2D eigenvalue weighted by molar-refractivity contribution is -0.130. The van der Waals surface area contributed by atoms with E-state index in [0.29, 0.717) is 29.6 Å². The van der Waals surface area contributed by atoms with Gasteiger partial charge in [0.2, 0.25) is 17.6 Å². The first-order valence-corrected chi connectivity index (χ1v) is 8.57. The van der Waals surface area contributed by atoms with Crippen molar-refractivity contribution >= 4 is 5.91 Å². The van der Waals surface area contributed by atoms with Crippen LogP contribution in [0.1, 0.15) is 25.3 Å². The number of benzene rings is 1. The van der Waals surface area contributed by atoms with E-state index in [2.05, 4.69) is 15.1 Å². The first kappa shape index (κ1) is 17.2. The Labute approximate surface area is 155 Å². The van der Waals surface area contributed by atoms with Crippen molar-refractivity contribution < 1.29 is 19.2 Å². The molecule has 1 aliphatic rings. The first-order valence-electron chi connectivity index (χ1n) is 8.57. The summed E-state index contributed by atoms with van der Waals surface area (Å²) in [5, 5.41) is 13.9. The van der Waals surface area contributed by atoms with Gasteiger partial charge in [0, 0.05) is 31.6 Å². The minimum atomic E-state index is -0.585. The van der Waals surface area contributed by atoms with E-state index in [1.807, 2.05) is 18.2 Å². The molecule has 3 aromatic rings. The van der Waals surface area contributed by atoms with E-state index in [0.717, 1.165) is 5.56 Å². The average molecular weight is 366 g/mol. The van der Waals surface area contributed by atoms with E-state index in [4.69, 9.17) is 9.26 Å². The van der Waals surface area contributed by atoms with Crippen molar-refractivity contribution in [2.75, 3.05) is 6.54 Å². The van der Waals surface area contributed by atoms with Gasteiger partial charge in [-0.1, -0.05) is 5.16 Å². The van der Waals surface area contributed by atoms with Gasteiger partial charge in [-0.05, 0) is 36.4 Å². The maximum absolute atomic E-state index is 11.7. The number of carbonyl (C=O) groups excluding carboxylic acids is 1. The van der Waals surface area contributed by atoms with Crippen LogP contribution in [0.3, 0.4) is 0 Å². The molecule has 2 aromatic heterocycles. The molecule has 27 heavy (non-hydrogen) atoms. The topological polar surface area (TPSA) is 102 Å². The smallest absolute Gasteiger partial charge is 0.249 e. The molecule has 8 heteroatoms. The Balaban J connectivity index is 1.51. The van der Waals surface area contributed by atoms with E-state index in [9.17, 15) is 9.90 Å². The van der Waals surface area contributed by atoms with E-state index in [1.54, 1.807) is 35.5 Å². The van der Waals surface area contributed by atoms with Crippen LogP contribution in [0.2, 0.25) is 0 Å². The quantitative estimate of drug-likeness (QED) is 0.757. The van der Waals surface area contributed by atoms with Crippen molar-refractivity contribution in [2.45, 2.75) is 25.5 Å². The molecule has 4 rings (SSSR count). The fourth-order valence-electron chi connectivity index (χ4n) is 3.10. The summed E-state index contributed by atoms with van der Waals surface area (Å²) < 4.78 is 11.1. The summed E-state index contributed by atoms with van der Waals surface area (Å²) in [5.74, 6) is 1.93. The Kier molecular flexibility index (Phi) is 4.55. The van der Waals surface area contributed by atoms with Gasteiger partial charge in [-0.15, -0.1) is 0 Å². The van der Waals surface area contributed by atoms with Crippen molar-refractivity contribution in [1.82, 2.24) is 20.0 Å². The normalized spacial score (nSPS) is 19.3. The summed E-state index contributed by atoms with van der Waals surface area (Å²) >= 11 is 0. The molecule has 8 nitrogen and oxygen atoms in total. The predicted octanol–water partition coefficient (Wildman–Crippen LogP) is 2.58. The van der Waals surface area contributed by atoms with Gasteiger partial charge in [0.25, 0.3) is 0 Å². The molecule has 1 fully saturated rings. The molecule has 0 saturated carbocycles. The van der Waals surface area contributed by atoms with Crippen LogP contribution in [0, 0.1) is 0 Å². The summed E-state index contributed by atoms with van der Waals surface area (Å²) in [5.41, 5.74) is 0.761. The molecule has 3 heterocycles. The van der Waals surface area contributed by atoms with Crippen LogP contribution in [-0.2, 0) is 4.79 Å². The van der Waals surface area contributed by atoms with Crippen LogP contribution in [0.15, 0.2) is 53.3 Å². The number of nitrogens with zero attached hydrogens (tertiary/aromatic N) is 4. The number of ether oxygens (including phenoxy) is 1. The second-order valence-corrected chi connectivity index (χ2v) is 6.35. The summed E-state index contributed by atoms with van der Waals surface area (Å²) in [6.45, 7) is 1.74. The molecule has 2 atom stereocenters. The fourth-order valence-corrected chi connectivity index (χ4v) is 3.10. The monoisotopic (exact) mass is 366 g/mol. The lowest BCUT2D eigenvalue weighted by atomic mass is 10.2. The number of aliphatic hydroxyl groups excluding tert-OH is 1. The molecule has 1 aromatic carbocycles. The Bertz CT molecular complexity index is 926. The number of hydrogen-bond acceptors (Lipinski definition) is 7. The van der Waals surface area contributed by atoms with E-state index in [-0.39, 0.29) is 12.5 Å². The Morgan fingerprint density at radius 1 is 1.26 bits per heavy atom. The maximum Gasteiger partial charge on any atom is 0.249 e. The zero-order chi connectivity index (χ0) is 18.8. The van der Waals surface area contributed by atoms with Crippen LogP contribution >= 0.6 is 0 Å². The van der Waals surface area contributed by atoms with Crippen molar-refractivity contribution in [3.8, 4) is 22.9 Å². The third-order valence-corrected chi connectivity index (χ3v) is 4.39. The molecule has 0 spiro atoms. The van der Waals surface area contributed by atoms with Gasteiger partial charge in [-0.2, -0.15) is 4.98 Å². The van der Waals surface area contributed by atoms with Gasteiger partial charge in [-0.3, -0.25) is 9.78 Å². The fraction of sp³-hybridized carbons (Fsp3) is 0.263. The van der Waals surface area contributed by atoms with Gasteiger partial charge in [-0.25, -0.2) is 0 Å². The molecular weight excluding hydrogens is 348 g/mol. The van der Waals surface area contributed by atoms with E-state index < -0.39 is 12.1 Å². The van der Waals surface area contributed by atoms with Crippen molar-refractivity contribution in [3.63, 3.8) is 0 Å². The van der Waals surface area contributed by atoms with Crippen molar-refractivity contribution in [1.29, 1.82) is 0 Å². The van der Waals surface area contributed by atoms with Gasteiger partial charge in [0.05, 0.1) is 12.3 Å². The molecule has 0 bridgehead atoms. The molecule has 0 aliphatic carbocycles. The van der Waals surface area contributed by atoms with E-state index in [1.165, 1.54) is 6.92 Å². The molecule has 0 unspecified atom stereocenters. The van der Waals surface area contributed by atoms with Crippen molar-refractivity contribution in [2.24, 2.45) is 0 Å². The van der Waals surface area contributed by atoms with Crippen LogP contribution < -0.4 is 4.74 Å². The number of aliphatic hydroxyl groups is 1. The highest BCUT2D eigenvalue weighted by Gasteiger charge is 2.37. The van der Waals surface area contributed by atoms with Gasteiger partial charge in [0.15, 0.2) is 0 Å². The van der Waals surface area contributed by atoms with Gasteiger partial charge < -0.3 is 19.3 Å². The van der Waals surface area contributed by atoms with Crippen LogP contribution in [-0.4, -0.2) is 43.7 Å². The molecular formula is C19H18N4O4. The minimum absolute atomic E-state index is 0.131. The number of likely N-dealkylation sites (tertiary alicyclic amines) is 1. The standard InChI is InChI=1S/C19H18N4O4/c1-12(24)23-11-14(25)9-17(23)19-21-18(22-27-19)13-4-6-15(7-5-13)26-16-3-2-8-20-10-16/h2-8,10,14,17,25H,9,11H2,1H3/t14-,17+/m0/s1. The number of amides is 1. The highest BCUT2D eigenvalue weighted by molar-refractivity contribution is 5.74. The summed E-state index contributed by atoms with van der Waals surface area (Å²) in [6, 6.07) is 10.5. The van der Waals surface area contributed by atoms with Gasteiger partial charge >= 0.3 is 0 Å². The highest BCUT2D eigenvalue weighted by atomic mass is 16.5. The van der Waals surface area contributed by atoms with Crippen molar-refractivity contribution in [3.05, 3.63) is 54.7 Å². The second-order valence-electron chi connectivity index (χ2n) is 6.35.